The third-order valence-electron chi connectivity index (χ3n) is 3.56. The third-order valence-corrected chi connectivity index (χ3v) is 3.88. The minimum Gasteiger partial charge on any atom is -0.481 e. The van der Waals surface area contributed by atoms with Crippen LogP contribution in [0.4, 0.5) is 5.69 Å². The van der Waals surface area contributed by atoms with E-state index in [9.17, 15) is 9.59 Å². The molecule has 1 atom stereocenters. The molecule has 0 saturated heterocycles. The van der Waals surface area contributed by atoms with E-state index >= 15 is 0 Å². The van der Waals surface area contributed by atoms with Gasteiger partial charge in [0.2, 0.25) is 5.91 Å². The number of benzene rings is 2. The number of amides is 2. The second-order valence-electron chi connectivity index (χ2n) is 5.80. The van der Waals surface area contributed by atoms with Gasteiger partial charge in [-0.05, 0) is 43.7 Å². The number of carbonyl (C=O) groups excluding carboxylic acids is 2. The van der Waals surface area contributed by atoms with Gasteiger partial charge in [-0.15, -0.1) is 0 Å². The average Bonchev–Trinajstić information content (AvgIpc) is 2.56. The molecule has 2 aromatic rings. The maximum atomic E-state index is 12.4. The lowest BCUT2D eigenvalue weighted by Gasteiger charge is -2.22. The average molecular weight is 361 g/mol. The number of hydrogen-bond donors (Lipinski definition) is 1. The zero-order chi connectivity index (χ0) is 18.4. The number of anilines is 1. The van der Waals surface area contributed by atoms with Crippen molar-refractivity contribution in [2.75, 3.05) is 18.9 Å². The highest BCUT2D eigenvalue weighted by Gasteiger charge is 2.21. The van der Waals surface area contributed by atoms with E-state index in [1.165, 1.54) is 4.90 Å². The molecule has 0 aromatic heterocycles. The van der Waals surface area contributed by atoms with E-state index in [0.717, 1.165) is 5.56 Å². The summed E-state index contributed by atoms with van der Waals surface area (Å²) in [4.78, 5) is 25.8. The lowest BCUT2D eigenvalue weighted by atomic mass is 10.2. The van der Waals surface area contributed by atoms with Gasteiger partial charge >= 0.3 is 0 Å². The second kappa shape index (κ2) is 8.53. The van der Waals surface area contributed by atoms with E-state index < -0.39 is 6.10 Å². The summed E-state index contributed by atoms with van der Waals surface area (Å²) in [5.74, 6) is 0.0114. The van der Waals surface area contributed by atoms with Crippen molar-refractivity contribution in [1.82, 2.24) is 4.90 Å². The van der Waals surface area contributed by atoms with E-state index in [2.05, 4.69) is 5.32 Å². The first-order valence-corrected chi connectivity index (χ1v) is 8.27. The second-order valence-corrected chi connectivity index (χ2v) is 6.21. The molecule has 2 rings (SSSR count). The van der Waals surface area contributed by atoms with Crippen LogP contribution in [-0.4, -0.2) is 36.4 Å². The number of rotatable bonds is 6. The normalized spacial score (nSPS) is 11.5. The summed E-state index contributed by atoms with van der Waals surface area (Å²) >= 11 is 6.01. The fraction of sp³-hybridized carbons (Fsp3) is 0.263. The monoisotopic (exact) mass is 360 g/mol. The molecule has 2 aromatic carbocycles. The molecular formula is C19H21ClN2O3. The van der Waals surface area contributed by atoms with E-state index in [0.29, 0.717) is 16.5 Å². The Hall–Kier alpha value is -2.53. The van der Waals surface area contributed by atoms with Gasteiger partial charge < -0.3 is 15.0 Å². The van der Waals surface area contributed by atoms with Gasteiger partial charge in [0.05, 0.1) is 17.3 Å². The maximum Gasteiger partial charge on any atom is 0.263 e. The smallest absolute Gasteiger partial charge is 0.263 e. The van der Waals surface area contributed by atoms with Crippen LogP contribution in [0.5, 0.6) is 5.75 Å². The maximum absolute atomic E-state index is 12.4. The van der Waals surface area contributed by atoms with Gasteiger partial charge in [-0.2, -0.15) is 0 Å². The number of likely N-dealkylation sites (N-methyl/N-ethyl adjacent to an activating group) is 1. The largest absolute Gasteiger partial charge is 0.481 e. The van der Waals surface area contributed by atoms with Crippen molar-refractivity contribution in [1.29, 1.82) is 0 Å². The molecule has 2 amide bonds. The lowest BCUT2D eigenvalue weighted by molar-refractivity contribution is -0.139. The number of carbonyl (C=O) groups is 2. The van der Waals surface area contributed by atoms with Crippen molar-refractivity contribution in [2.45, 2.75) is 20.0 Å². The molecule has 1 unspecified atom stereocenters. The molecule has 1 N–H and O–H groups in total. The molecule has 0 heterocycles. The zero-order valence-electron chi connectivity index (χ0n) is 14.5. The van der Waals surface area contributed by atoms with E-state index in [4.69, 9.17) is 16.3 Å². The van der Waals surface area contributed by atoms with E-state index in [1.54, 1.807) is 44.3 Å². The molecule has 0 aliphatic carbocycles. The summed E-state index contributed by atoms with van der Waals surface area (Å²) in [6.45, 7) is 3.52. The first-order chi connectivity index (χ1) is 11.9. The first kappa shape index (κ1) is 18.8. The van der Waals surface area contributed by atoms with Gasteiger partial charge in [-0.1, -0.05) is 35.9 Å². The van der Waals surface area contributed by atoms with Crippen LogP contribution in [0.25, 0.3) is 0 Å². The van der Waals surface area contributed by atoms with Crippen molar-refractivity contribution >= 4 is 29.1 Å². The van der Waals surface area contributed by atoms with Crippen LogP contribution in [0, 0.1) is 6.92 Å². The Balaban J connectivity index is 1.90. The van der Waals surface area contributed by atoms with Gasteiger partial charge in [-0.25, -0.2) is 0 Å². The number of para-hydroxylation sites is 1. The number of hydrogen-bond acceptors (Lipinski definition) is 3. The molecule has 0 fully saturated rings. The summed E-state index contributed by atoms with van der Waals surface area (Å²) < 4.78 is 5.65. The Morgan fingerprint density at radius 3 is 2.60 bits per heavy atom. The van der Waals surface area contributed by atoms with Crippen LogP contribution in [0.1, 0.15) is 12.5 Å². The van der Waals surface area contributed by atoms with E-state index in [-0.39, 0.29) is 18.4 Å². The van der Waals surface area contributed by atoms with Crippen molar-refractivity contribution < 1.29 is 14.3 Å². The quantitative estimate of drug-likeness (QED) is 0.857. The van der Waals surface area contributed by atoms with Gasteiger partial charge in [0.15, 0.2) is 6.10 Å². The number of nitrogens with zero attached hydrogens (tertiary/aromatic N) is 1. The molecule has 0 aliphatic rings. The summed E-state index contributed by atoms with van der Waals surface area (Å²) in [7, 11) is 1.56. The van der Waals surface area contributed by atoms with Crippen molar-refractivity contribution in [2.24, 2.45) is 0 Å². The van der Waals surface area contributed by atoms with Crippen LogP contribution in [0.15, 0.2) is 48.5 Å². The molecule has 0 aliphatic heterocycles. The first-order valence-electron chi connectivity index (χ1n) is 7.89. The van der Waals surface area contributed by atoms with Crippen LogP contribution in [0.3, 0.4) is 0 Å². The van der Waals surface area contributed by atoms with Crippen molar-refractivity contribution in [3.8, 4) is 5.75 Å². The summed E-state index contributed by atoms with van der Waals surface area (Å²) in [6, 6.07) is 14.4. The Morgan fingerprint density at radius 2 is 1.92 bits per heavy atom. The highest BCUT2D eigenvalue weighted by atomic mass is 35.5. The molecule has 0 bridgehead atoms. The standard InChI is InChI=1S/C19H21ClN2O3/c1-13-7-6-8-15(11-13)25-14(2)19(24)22(3)12-18(23)21-17-10-5-4-9-16(17)20/h4-11,14H,12H2,1-3H3,(H,21,23). The van der Waals surface area contributed by atoms with Crippen LogP contribution in [0.2, 0.25) is 5.02 Å². The summed E-state index contributed by atoms with van der Waals surface area (Å²) in [6.07, 6.45) is -0.695. The number of aryl methyl sites for hydroxylation is 1. The highest BCUT2D eigenvalue weighted by molar-refractivity contribution is 6.33. The third kappa shape index (κ3) is 5.50. The van der Waals surface area contributed by atoms with Gasteiger partial charge in [0.1, 0.15) is 5.75 Å². The number of halogens is 1. The minimum absolute atomic E-state index is 0.0917. The Bertz CT molecular complexity index is 764. The highest BCUT2D eigenvalue weighted by Crippen LogP contribution is 2.20. The SMILES string of the molecule is Cc1cccc(OC(C)C(=O)N(C)CC(=O)Nc2ccccc2Cl)c1. The minimum atomic E-state index is -0.695. The zero-order valence-corrected chi connectivity index (χ0v) is 15.2. The van der Waals surface area contributed by atoms with Crippen LogP contribution >= 0.6 is 11.6 Å². The van der Waals surface area contributed by atoms with E-state index in [1.807, 2.05) is 25.1 Å². The molecule has 25 heavy (non-hydrogen) atoms. The predicted molar refractivity (Wildman–Crippen MR) is 99.0 cm³/mol. The topological polar surface area (TPSA) is 58.6 Å². The number of ether oxygens (including phenoxy) is 1. The Morgan fingerprint density at radius 1 is 1.20 bits per heavy atom. The van der Waals surface area contributed by atoms with Crippen molar-refractivity contribution in [3.05, 3.63) is 59.1 Å². The predicted octanol–water partition coefficient (Wildman–Crippen LogP) is 3.51. The van der Waals surface area contributed by atoms with Gasteiger partial charge in [0, 0.05) is 7.05 Å². The molecule has 0 saturated carbocycles. The molecular weight excluding hydrogens is 340 g/mol. The van der Waals surface area contributed by atoms with Gasteiger partial charge in [-0.3, -0.25) is 9.59 Å². The van der Waals surface area contributed by atoms with Gasteiger partial charge in [0.25, 0.3) is 5.91 Å². The summed E-state index contributed by atoms with van der Waals surface area (Å²) in [5, 5.41) is 3.13. The fourth-order valence-corrected chi connectivity index (χ4v) is 2.48. The number of nitrogens with one attached hydrogen (secondary N) is 1. The molecule has 132 valence electrons. The van der Waals surface area contributed by atoms with Crippen molar-refractivity contribution in [3.63, 3.8) is 0 Å². The Labute approximate surface area is 152 Å². The fourth-order valence-electron chi connectivity index (χ4n) is 2.30. The summed E-state index contributed by atoms with van der Waals surface area (Å²) in [5.41, 5.74) is 1.56. The molecule has 5 nitrogen and oxygen atoms in total. The van der Waals surface area contributed by atoms with Crippen LogP contribution in [-0.2, 0) is 9.59 Å². The molecule has 6 heteroatoms. The lowest BCUT2D eigenvalue weighted by Crippen LogP contribution is -2.42. The Kier molecular flexibility index (Phi) is 6.42. The molecule has 0 spiro atoms. The van der Waals surface area contributed by atoms with Crippen LogP contribution < -0.4 is 10.1 Å². The molecule has 0 radical (unpaired) electrons.